The number of piperazine rings is 1. The Hall–Kier alpha value is -3.14. The maximum atomic E-state index is 10.3. The van der Waals surface area contributed by atoms with Gasteiger partial charge in [0.2, 0.25) is 5.95 Å². The van der Waals surface area contributed by atoms with Crippen LogP contribution in [0.1, 0.15) is 30.7 Å². The number of hydrogen-bond donors (Lipinski definition) is 1. The molecular formula is C28H32N6O2S. The van der Waals surface area contributed by atoms with E-state index in [-0.39, 0.29) is 6.10 Å². The van der Waals surface area contributed by atoms with Crippen LogP contribution in [-0.4, -0.2) is 69.3 Å². The zero-order valence-corrected chi connectivity index (χ0v) is 21.9. The van der Waals surface area contributed by atoms with Gasteiger partial charge in [-0.25, -0.2) is 15.0 Å². The van der Waals surface area contributed by atoms with Crippen molar-refractivity contribution in [1.29, 1.82) is 0 Å². The number of aromatic nitrogens is 4. The number of likely N-dealkylation sites (N-methyl/N-ethyl adjacent to an activating group) is 1. The third kappa shape index (κ3) is 5.58. The first-order valence-corrected chi connectivity index (χ1v) is 13.9. The number of fused-ring (bicyclic) bond motifs is 1. The fourth-order valence-corrected chi connectivity index (χ4v) is 6.23. The maximum Gasteiger partial charge on any atom is 0.225 e. The summed E-state index contributed by atoms with van der Waals surface area (Å²) < 4.78 is 7.30. The third-order valence-electron chi connectivity index (χ3n) is 7.40. The molecule has 4 heterocycles. The summed E-state index contributed by atoms with van der Waals surface area (Å²) in [5.74, 6) is 2.56. The molecule has 1 saturated carbocycles. The van der Waals surface area contributed by atoms with Crippen LogP contribution in [0.4, 0.5) is 5.95 Å². The summed E-state index contributed by atoms with van der Waals surface area (Å²) in [6.07, 6.45) is 10.4. The first-order valence-electron chi connectivity index (χ1n) is 13.1. The smallest absolute Gasteiger partial charge is 0.225 e. The van der Waals surface area contributed by atoms with E-state index in [4.69, 9.17) is 9.72 Å². The van der Waals surface area contributed by atoms with Crippen molar-refractivity contribution in [2.24, 2.45) is 5.92 Å². The van der Waals surface area contributed by atoms with Gasteiger partial charge in [0.25, 0.3) is 0 Å². The molecular weight excluding hydrogens is 484 g/mol. The largest absolute Gasteiger partial charge is 0.457 e. The lowest BCUT2D eigenvalue weighted by molar-refractivity contribution is 0.0700. The molecule has 0 unspecified atom stereocenters. The van der Waals surface area contributed by atoms with E-state index < -0.39 is 0 Å². The molecule has 0 radical (unpaired) electrons. The number of aliphatic hydroxyl groups is 1. The highest BCUT2D eigenvalue weighted by Gasteiger charge is 2.24. The fourth-order valence-electron chi connectivity index (χ4n) is 5.15. The molecule has 4 aromatic rings. The van der Waals surface area contributed by atoms with Crippen molar-refractivity contribution in [3.05, 3.63) is 53.9 Å². The highest BCUT2D eigenvalue weighted by atomic mass is 32.1. The number of thiazole rings is 1. The predicted octanol–water partition coefficient (Wildman–Crippen LogP) is 4.79. The molecule has 192 valence electrons. The van der Waals surface area contributed by atoms with Crippen LogP contribution in [0.5, 0.6) is 11.5 Å². The Labute approximate surface area is 221 Å². The van der Waals surface area contributed by atoms with Crippen molar-refractivity contribution in [3.63, 3.8) is 0 Å². The molecule has 2 aliphatic rings. The van der Waals surface area contributed by atoms with Gasteiger partial charge in [0.05, 0.1) is 27.0 Å². The molecule has 8 nitrogen and oxygen atoms in total. The van der Waals surface area contributed by atoms with Gasteiger partial charge in [0.1, 0.15) is 11.5 Å². The van der Waals surface area contributed by atoms with Crippen LogP contribution in [0.2, 0.25) is 0 Å². The van der Waals surface area contributed by atoms with E-state index in [0.717, 1.165) is 90.0 Å². The topological polar surface area (TPSA) is 87.5 Å². The van der Waals surface area contributed by atoms with E-state index in [2.05, 4.69) is 31.8 Å². The Morgan fingerprint density at radius 2 is 1.76 bits per heavy atom. The van der Waals surface area contributed by atoms with Gasteiger partial charge in [-0.15, -0.1) is 11.3 Å². The number of nitrogens with zero attached hydrogens (tertiary/aromatic N) is 6. The first kappa shape index (κ1) is 24.2. The summed E-state index contributed by atoms with van der Waals surface area (Å²) in [5, 5.41) is 11.4. The first-order chi connectivity index (χ1) is 18.1. The van der Waals surface area contributed by atoms with E-state index in [0.29, 0.717) is 11.7 Å². The molecule has 6 rings (SSSR count). The van der Waals surface area contributed by atoms with E-state index in [1.54, 1.807) is 17.5 Å². The summed E-state index contributed by atoms with van der Waals surface area (Å²) >= 11 is 1.69. The maximum absolute atomic E-state index is 10.3. The SMILES string of the molecule is CN1CCN(c2ncc(-c3cc(Oc4ccc5nc(C[C@@H]6CCCC[C@H]6O)sc5c4)ccn3)cn2)CC1. The lowest BCUT2D eigenvalue weighted by Gasteiger charge is -2.32. The second kappa shape index (κ2) is 10.7. The molecule has 1 saturated heterocycles. The number of rotatable bonds is 6. The lowest BCUT2D eigenvalue weighted by Crippen LogP contribution is -2.45. The average molecular weight is 517 g/mol. The van der Waals surface area contributed by atoms with Crippen LogP contribution < -0.4 is 9.64 Å². The van der Waals surface area contributed by atoms with Crippen LogP contribution in [0.25, 0.3) is 21.5 Å². The van der Waals surface area contributed by atoms with Crippen molar-refractivity contribution < 1.29 is 9.84 Å². The van der Waals surface area contributed by atoms with Crippen molar-refractivity contribution in [2.75, 3.05) is 38.1 Å². The van der Waals surface area contributed by atoms with Crippen molar-refractivity contribution >= 4 is 27.5 Å². The number of pyridine rings is 1. The summed E-state index contributed by atoms with van der Waals surface area (Å²) in [6.45, 7) is 3.91. The van der Waals surface area contributed by atoms with Crippen LogP contribution in [-0.2, 0) is 6.42 Å². The fraction of sp³-hybridized carbons (Fsp3) is 0.429. The highest BCUT2D eigenvalue weighted by Crippen LogP contribution is 2.33. The number of anilines is 1. The summed E-state index contributed by atoms with van der Waals surface area (Å²) in [4.78, 5) is 23.0. The Bertz CT molecular complexity index is 1350. The zero-order valence-electron chi connectivity index (χ0n) is 21.1. The molecule has 2 fully saturated rings. The van der Waals surface area contributed by atoms with E-state index >= 15 is 0 Å². The summed E-state index contributed by atoms with van der Waals surface area (Å²) in [6, 6.07) is 9.78. The number of benzene rings is 1. The molecule has 1 aliphatic heterocycles. The van der Waals surface area contributed by atoms with Crippen LogP contribution in [0.3, 0.4) is 0 Å². The van der Waals surface area contributed by atoms with E-state index in [1.807, 2.05) is 42.7 Å². The zero-order chi connectivity index (χ0) is 25.2. The third-order valence-corrected chi connectivity index (χ3v) is 8.44. The van der Waals surface area contributed by atoms with Gasteiger partial charge in [-0.2, -0.15) is 0 Å². The van der Waals surface area contributed by atoms with Gasteiger partial charge in [-0.3, -0.25) is 4.98 Å². The van der Waals surface area contributed by atoms with Gasteiger partial charge in [0, 0.05) is 68.9 Å². The molecule has 1 aliphatic carbocycles. The molecule has 9 heteroatoms. The van der Waals surface area contributed by atoms with Crippen molar-refractivity contribution in [3.8, 4) is 22.8 Å². The normalized spacial score (nSPS) is 20.9. The Balaban J connectivity index is 1.14. The molecule has 37 heavy (non-hydrogen) atoms. The molecule has 3 aromatic heterocycles. The molecule has 1 N–H and O–H groups in total. The van der Waals surface area contributed by atoms with Crippen molar-refractivity contribution in [2.45, 2.75) is 38.2 Å². The van der Waals surface area contributed by atoms with Crippen LogP contribution in [0, 0.1) is 5.92 Å². The Kier molecular flexibility index (Phi) is 6.99. The standard InChI is InChI=1S/C28H32N6O2S/c1-33-10-12-34(13-11-33)28-30-17-20(18-31-28)24-15-22(8-9-29-24)36-21-6-7-23-26(16-21)37-27(32-23)14-19-4-2-3-5-25(19)35/h6-9,15-19,25,35H,2-5,10-14H2,1H3/t19-,25+/m0/s1. The predicted molar refractivity (Wildman–Crippen MR) is 146 cm³/mol. The van der Waals surface area contributed by atoms with Gasteiger partial charge in [-0.1, -0.05) is 12.8 Å². The van der Waals surface area contributed by atoms with Gasteiger partial charge in [0.15, 0.2) is 0 Å². The van der Waals surface area contributed by atoms with Crippen molar-refractivity contribution in [1.82, 2.24) is 24.8 Å². The van der Waals surface area contributed by atoms with Gasteiger partial charge in [-0.05, 0) is 44.0 Å². The molecule has 1 aromatic carbocycles. The van der Waals surface area contributed by atoms with E-state index in [9.17, 15) is 5.11 Å². The average Bonchev–Trinajstić information content (AvgIpc) is 3.32. The monoisotopic (exact) mass is 516 g/mol. The number of aliphatic hydroxyl groups excluding tert-OH is 1. The Morgan fingerprint density at radius 3 is 2.57 bits per heavy atom. The minimum Gasteiger partial charge on any atom is -0.457 e. The highest BCUT2D eigenvalue weighted by molar-refractivity contribution is 7.18. The Morgan fingerprint density at radius 1 is 0.973 bits per heavy atom. The molecule has 0 bridgehead atoms. The van der Waals surface area contributed by atoms with Crippen LogP contribution in [0.15, 0.2) is 48.9 Å². The van der Waals surface area contributed by atoms with E-state index in [1.165, 1.54) is 6.42 Å². The molecule has 2 atom stereocenters. The minimum absolute atomic E-state index is 0.200. The van der Waals surface area contributed by atoms with Gasteiger partial charge >= 0.3 is 0 Å². The van der Waals surface area contributed by atoms with Gasteiger partial charge < -0.3 is 19.6 Å². The van der Waals surface area contributed by atoms with Crippen LogP contribution >= 0.6 is 11.3 Å². The second-order valence-corrected chi connectivity index (χ2v) is 11.2. The number of ether oxygens (including phenoxy) is 1. The summed E-state index contributed by atoms with van der Waals surface area (Å²) in [5.41, 5.74) is 2.61. The minimum atomic E-state index is -0.200. The number of hydrogen-bond acceptors (Lipinski definition) is 9. The lowest BCUT2D eigenvalue weighted by atomic mass is 9.84. The molecule has 0 amide bonds. The quantitative estimate of drug-likeness (QED) is 0.392. The molecule has 0 spiro atoms. The second-order valence-electron chi connectivity index (χ2n) is 10.1. The summed E-state index contributed by atoms with van der Waals surface area (Å²) in [7, 11) is 2.14.